The summed E-state index contributed by atoms with van der Waals surface area (Å²) in [5.41, 5.74) is 1.78. The Hall–Kier alpha value is -2.89. The molecule has 0 bridgehead atoms. The molecule has 0 spiro atoms. The van der Waals surface area contributed by atoms with Gasteiger partial charge < -0.3 is 9.26 Å². The van der Waals surface area contributed by atoms with Gasteiger partial charge in [0.15, 0.2) is 5.69 Å². The third-order valence-corrected chi connectivity index (χ3v) is 2.84. The Labute approximate surface area is 113 Å². The fourth-order valence-electron chi connectivity index (χ4n) is 1.86. The lowest BCUT2D eigenvalue weighted by atomic mass is 10.2. The summed E-state index contributed by atoms with van der Waals surface area (Å²) in [5, 5.41) is 3.10. The van der Waals surface area contributed by atoms with Crippen LogP contribution < -0.4 is 5.63 Å². The summed E-state index contributed by atoms with van der Waals surface area (Å²) in [6.07, 6.45) is 1.59. The maximum atomic E-state index is 10.8. The number of nitrogens with one attached hydrogen (secondary N) is 1. The molecule has 0 atom stereocenters. The second-order valence-electron chi connectivity index (χ2n) is 4.12. The molecule has 1 aliphatic rings. The molecule has 0 fully saturated rings. The predicted octanol–water partition coefficient (Wildman–Crippen LogP) is 1.87. The number of rotatable bonds is 0. The van der Waals surface area contributed by atoms with Crippen molar-refractivity contribution in [2.75, 3.05) is 0 Å². The molecule has 3 heterocycles. The monoisotopic (exact) mass is 270 g/mol. The van der Waals surface area contributed by atoms with Crippen LogP contribution in [0.1, 0.15) is 16.1 Å². The van der Waals surface area contributed by atoms with Gasteiger partial charge in [0, 0.05) is 11.8 Å². The first-order valence-corrected chi connectivity index (χ1v) is 5.93. The van der Waals surface area contributed by atoms with Crippen molar-refractivity contribution in [1.82, 2.24) is 10.1 Å². The number of hydrogen-bond donors (Lipinski definition) is 1. The standard InChI is InChI=1S/2C7H5NO2/c9-7-6-5(4-10-7)2-1-3-8-6;9-7-5-3-1-2-4-6(5)8-10-7/h1-3H,4H2;1-4,8H. The number of aromatic nitrogens is 2. The number of fused-ring (bicyclic) bond motifs is 2. The Morgan fingerprint density at radius 3 is 2.75 bits per heavy atom. The van der Waals surface area contributed by atoms with Crippen molar-refractivity contribution in [1.29, 1.82) is 0 Å². The number of carbonyl (C=O) groups is 1. The highest BCUT2D eigenvalue weighted by Crippen LogP contribution is 2.15. The minimum Gasteiger partial charge on any atom is -0.456 e. The van der Waals surface area contributed by atoms with Gasteiger partial charge in [-0.1, -0.05) is 18.2 Å². The molecule has 0 saturated carbocycles. The van der Waals surface area contributed by atoms with E-state index in [0.717, 1.165) is 11.1 Å². The molecule has 6 nitrogen and oxygen atoms in total. The van der Waals surface area contributed by atoms with Gasteiger partial charge in [0.25, 0.3) is 0 Å². The molecule has 6 heteroatoms. The molecule has 0 aliphatic carbocycles. The van der Waals surface area contributed by atoms with Crippen LogP contribution in [-0.2, 0) is 11.3 Å². The highest BCUT2D eigenvalue weighted by Gasteiger charge is 2.21. The van der Waals surface area contributed by atoms with E-state index in [0.29, 0.717) is 17.7 Å². The molecular formula is C14H10N2O4. The Kier molecular flexibility index (Phi) is 3.04. The molecule has 3 aromatic rings. The van der Waals surface area contributed by atoms with Gasteiger partial charge in [-0.3, -0.25) is 0 Å². The normalized spacial score (nSPS) is 12.5. The SMILES string of the molecule is O=C1OCc2cccnc21.O=c1o[nH]c2ccccc12. The highest BCUT2D eigenvalue weighted by molar-refractivity contribution is 5.90. The van der Waals surface area contributed by atoms with Gasteiger partial charge >= 0.3 is 11.6 Å². The Morgan fingerprint density at radius 1 is 1.10 bits per heavy atom. The van der Waals surface area contributed by atoms with E-state index in [9.17, 15) is 9.59 Å². The minimum absolute atomic E-state index is 0.310. The largest absolute Gasteiger partial charge is 0.456 e. The number of ether oxygens (including phenoxy) is 1. The maximum Gasteiger partial charge on any atom is 0.365 e. The summed E-state index contributed by atoms with van der Waals surface area (Å²) < 4.78 is 9.26. The molecule has 0 unspecified atom stereocenters. The number of carbonyl (C=O) groups excluding carboxylic acids is 1. The number of H-pyrrole nitrogens is 1. The van der Waals surface area contributed by atoms with Crippen molar-refractivity contribution in [3.63, 3.8) is 0 Å². The second-order valence-corrected chi connectivity index (χ2v) is 4.12. The molecule has 0 radical (unpaired) electrons. The summed E-state index contributed by atoms with van der Waals surface area (Å²) in [6.45, 7) is 0.377. The molecule has 1 N–H and O–H groups in total. The lowest BCUT2D eigenvalue weighted by molar-refractivity contribution is 0.0531. The zero-order chi connectivity index (χ0) is 13.9. The van der Waals surface area contributed by atoms with E-state index in [1.807, 2.05) is 12.1 Å². The lowest BCUT2D eigenvalue weighted by Gasteiger charge is -1.86. The van der Waals surface area contributed by atoms with E-state index in [2.05, 4.69) is 14.7 Å². The predicted molar refractivity (Wildman–Crippen MR) is 70.2 cm³/mol. The Morgan fingerprint density at radius 2 is 1.95 bits per heavy atom. The first-order chi connectivity index (χ1) is 9.75. The number of para-hydroxylation sites is 1. The van der Waals surface area contributed by atoms with E-state index < -0.39 is 0 Å². The fraction of sp³-hybridized carbons (Fsp3) is 0.0714. The molecule has 20 heavy (non-hydrogen) atoms. The minimum atomic E-state index is -0.310. The molecule has 4 rings (SSSR count). The van der Waals surface area contributed by atoms with Crippen LogP contribution in [0.3, 0.4) is 0 Å². The van der Waals surface area contributed by atoms with Gasteiger partial charge in [-0.15, -0.1) is 0 Å². The number of aromatic amines is 1. The summed E-state index contributed by atoms with van der Waals surface area (Å²) in [5.74, 6) is -0.310. The zero-order valence-electron chi connectivity index (χ0n) is 10.3. The molecule has 1 aromatic carbocycles. The molecule has 0 saturated heterocycles. The van der Waals surface area contributed by atoms with Crippen LogP contribution in [0.25, 0.3) is 10.9 Å². The second kappa shape index (κ2) is 5.00. The van der Waals surface area contributed by atoms with E-state index >= 15 is 0 Å². The van der Waals surface area contributed by atoms with Crippen molar-refractivity contribution in [3.8, 4) is 0 Å². The van der Waals surface area contributed by atoms with Crippen molar-refractivity contribution in [2.45, 2.75) is 6.61 Å². The van der Waals surface area contributed by atoms with Crippen LogP contribution in [0.4, 0.5) is 0 Å². The Balaban J connectivity index is 0.000000121. The van der Waals surface area contributed by atoms with Crippen LogP contribution >= 0.6 is 0 Å². The van der Waals surface area contributed by atoms with E-state index in [1.165, 1.54) is 0 Å². The van der Waals surface area contributed by atoms with Crippen LogP contribution in [-0.4, -0.2) is 16.1 Å². The smallest absolute Gasteiger partial charge is 0.365 e. The van der Waals surface area contributed by atoms with Crippen LogP contribution in [0, 0.1) is 0 Å². The van der Waals surface area contributed by atoms with Crippen molar-refractivity contribution >= 4 is 16.9 Å². The van der Waals surface area contributed by atoms with E-state index in [1.54, 1.807) is 30.5 Å². The maximum absolute atomic E-state index is 10.8. The lowest BCUT2D eigenvalue weighted by Crippen LogP contribution is -1.95. The van der Waals surface area contributed by atoms with Gasteiger partial charge in [-0.25, -0.2) is 19.7 Å². The van der Waals surface area contributed by atoms with Crippen molar-refractivity contribution in [2.24, 2.45) is 0 Å². The third-order valence-electron chi connectivity index (χ3n) is 2.84. The average molecular weight is 270 g/mol. The molecule has 100 valence electrons. The van der Waals surface area contributed by atoms with Crippen molar-refractivity contribution < 1.29 is 14.1 Å². The number of esters is 1. The number of cyclic esters (lactones) is 1. The number of nitrogens with zero attached hydrogens (tertiary/aromatic N) is 1. The first kappa shape index (κ1) is 12.2. The van der Waals surface area contributed by atoms with E-state index in [4.69, 9.17) is 4.74 Å². The summed E-state index contributed by atoms with van der Waals surface area (Å²) in [4.78, 5) is 25.4. The summed E-state index contributed by atoms with van der Waals surface area (Å²) in [6, 6.07) is 10.8. The van der Waals surface area contributed by atoms with Gasteiger partial charge in [0.2, 0.25) is 0 Å². The van der Waals surface area contributed by atoms with Gasteiger partial charge in [-0.05, 0) is 18.2 Å². The first-order valence-electron chi connectivity index (χ1n) is 5.93. The topological polar surface area (TPSA) is 85.2 Å². The van der Waals surface area contributed by atoms with E-state index in [-0.39, 0.29) is 11.6 Å². The summed E-state index contributed by atoms with van der Waals surface area (Å²) >= 11 is 0. The van der Waals surface area contributed by atoms with Gasteiger partial charge in [0.1, 0.15) is 6.61 Å². The number of benzene rings is 1. The van der Waals surface area contributed by atoms with Crippen molar-refractivity contribution in [3.05, 3.63) is 64.3 Å². The van der Waals surface area contributed by atoms with Crippen LogP contribution in [0.2, 0.25) is 0 Å². The van der Waals surface area contributed by atoms with Crippen LogP contribution in [0.5, 0.6) is 0 Å². The van der Waals surface area contributed by atoms with Gasteiger partial charge in [0.05, 0.1) is 10.9 Å². The highest BCUT2D eigenvalue weighted by atomic mass is 16.5. The zero-order valence-corrected chi connectivity index (χ0v) is 10.3. The number of pyridine rings is 1. The average Bonchev–Trinajstić information content (AvgIpc) is 3.05. The van der Waals surface area contributed by atoms with Gasteiger partial charge in [-0.2, -0.15) is 0 Å². The fourth-order valence-corrected chi connectivity index (χ4v) is 1.86. The molecule has 0 amide bonds. The molecular weight excluding hydrogens is 260 g/mol. The molecule has 1 aliphatic heterocycles. The molecule has 2 aromatic heterocycles. The number of hydrogen-bond acceptors (Lipinski definition) is 5. The summed E-state index contributed by atoms with van der Waals surface area (Å²) in [7, 11) is 0. The third kappa shape index (κ3) is 2.18. The van der Waals surface area contributed by atoms with Crippen LogP contribution in [0.15, 0.2) is 51.9 Å². The quantitative estimate of drug-likeness (QED) is 0.630. The Bertz CT molecular complexity index is 819.